The lowest BCUT2D eigenvalue weighted by molar-refractivity contribution is 0.102. The SMILES string of the molecule is CCN(CC)c1ccc(NC(=O)c2cnc(NCc3ccco3)nc2)cc1. The quantitative estimate of drug-likeness (QED) is 0.632. The molecule has 0 spiro atoms. The summed E-state index contributed by atoms with van der Waals surface area (Å²) >= 11 is 0. The van der Waals surface area contributed by atoms with Gasteiger partial charge in [-0.05, 0) is 50.2 Å². The Morgan fingerprint density at radius 3 is 2.37 bits per heavy atom. The predicted molar refractivity (Wildman–Crippen MR) is 106 cm³/mol. The third kappa shape index (κ3) is 4.84. The van der Waals surface area contributed by atoms with Crippen LogP contribution in [0.3, 0.4) is 0 Å². The number of furan rings is 1. The summed E-state index contributed by atoms with van der Waals surface area (Å²) in [6, 6.07) is 11.5. The summed E-state index contributed by atoms with van der Waals surface area (Å²) in [7, 11) is 0. The van der Waals surface area contributed by atoms with Crippen LogP contribution >= 0.6 is 0 Å². The van der Waals surface area contributed by atoms with Crippen molar-refractivity contribution in [1.82, 2.24) is 9.97 Å². The van der Waals surface area contributed by atoms with Crippen molar-refractivity contribution in [2.24, 2.45) is 0 Å². The molecular formula is C20H23N5O2. The number of rotatable bonds is 8. The van der Waals surface area contributed by atoms with Crippen molar-refractivity contribution >= 4 is 23.2 Å². The second-order valence-corrected chi connectivity index (χ2v) is 5.90. The number of carbonyl (C=O) groups excluding carboxylic acids is 1. The topological polar surface area (TPSA) is 83.3 Å². The molecule has 0 bridgehead atoms. The molecule has 0 aliphatic carbocycles. The first-order valence-electron chi connectivity index (χ1n) is 8.94. The number of aromatic nitrogens is 2. The van der Waals surface area contributed by atoms with Crippen molar-refractivity contribution in [2.75, 3.05) is 28.6 Å². The number of anilines is 3. The monoisotopic (exact) mass is 365 g/mol. The zero-order valence-electron chi connectivity index (χ0n) is 15.5. The van der Waals surface area contributed by atoms with E-state index in [0.29, 0.717) is 18.1 Å². The van der Waals surface area contributed by atoms with Crippen LogP contribution in [0.1, 0.15) is 30.0 Å². The fourth-order valence-electron chi connectivity index (χ4n) is 2.66. The maximum Gasteiger partial charge on any atom is 0.258 e. The predicted octanol–water partition coefficient (Wildman–Crippen LogP) is 3.78. The standard InChI is InChI=1S/C20H23N5O2/c1-3-25(4-2)17-9-7-16(8-10-17)24-19(26)15-12-21-20(22-13-15)23-14-18-6-5-11-27-18/h5-13H,3-4,14H2,1-2H3,(H,24,26)(H,21,22,23). The molecule has 0 fully saturated rings. The number of nitrogens with one attached hydrogen (secondary N) is 2. The molecule has 0 saturated heterocycles. The highest BCUT2D eigenvalue weighted by molar-refractivity contribution is 6.03. The molecule has 1 aromatic carbocycles. The van der Waals surface area contributed by atoms with E-state index < -0.39 is 0 Å². The van der Waals surface area contributed by atoms with Crippen molar-refractivity contribution < 1.29 is 9.21 Å². The lowest BCUT2D eigenvalue weighted by Crippen LogP contribution is -2.21. The molecule has 140 valence electrons. The molecule has 1 amide bonds. The third-order valence-corrected chi connectivity index (χ3v) is 4.17. The van der Waals surface area contributed by atoms with Crippen LogP contribution in [0.2, 0.25) is 0 Å². The van der Waals surface area contributed by atoms with E-state index in [1.807, 2.05) is 36.4 Å². The fraction of sp³-hybridized carbons (Fsp3) is 0.250. The largest absolute Gasteiger partial charge is 0.467 e. The van der Waals surface area contributed by atoms with Gasteiger partial charge >= 0.3 is 0 Å². The van der Waals surface area contributed by atoms with Gasteiger partial charge in [0, 0.05) is 36.9 Å². The Morgan fingerprint density at radius 2 is 1.78 bits per heavy atom. The number of nitrogens with zero attached hydrogens (tertiary/aromatic N) is 3. The molecular weight excluding hydrogens is 342 g/mol. The molecule has 0 aliphatic heterocycles. The average molecular weight is 365 g/mol. The molecule has 0 atom stereocenters. The number of amides is 1. The van der Waals surface area contributed by atoms with Gasteiger partial charge in [0.15, 0.2) is 0 Å². The number of hydrogen-bond donors (Lipinski definition) is 2. The van der Waals surface area contributed by atoms with Gasteiger partial charge in [0.2, 0.25) is 5.95 Å². The first kappa shape index (κ1) is 18.4. The van der Waals surface area contributed by atoms with Gasteiger partial charge in [-0.25, -0.2) is 9.97 Å². The van der Waals surface area contributed by atoms with Crippen molar-refractivity contribution in [3.63, 3.8) is 0 Å². The van der Waals surface area contributed by atoms with Gasteiger partial charge in [0.25, 0.3) is 5.91 Å². The lowest BCUT2D eigenvalue weighted by atomic mass is 10.2. The van der Waals surface area contributed by atoms with Gasteiger partial charge in [0.1, 0.15) is 5.76 Å². The van der Waals surface area contributed by atoms with Crippen molar-refractivity contribution in [3.8, 4) is 0 Å². The number of benzene rings is 1. The van der Waals surface area contributed by atoms with E-state index in [4.69, 9.17) is 4.42 Å². The molecule has 2 aromatic heterocycles. The second kappa shape index (κ2) is 8.84. The fourth-order valence-corrected chi connectivity index (χ4v) is 2.66. The van der Waals surface area contributed by atoms with Gasteiger partial charge in [-0.1, -0.05) is 0 Å². The molecule has 7 nitrogen and oxygen atoms in total. The normalized spacial score (nSPS) is 10.4. The minimum Gasteiger partial charge on any atom is -0.467 e. The Morgan fingerprint density at radius 1 is 1.07 bits per heavy atom. The van der Waals surface area contributed by atoms with Crippen LogP contribution in [-0.2, 0) is 6.54 Å². The minimum absolute atomic E-state index is 0.247. The van der Waals surface area contributed by atoms with Gasteiger partial charge in [0.05, 0.1) is 18.4 Å². The van der Waals surface area contributed by atoms with Crippen LogP contribution in [0.25, 0.3) is 0 Å². The zero-order valence-corrected chi connectivity index (χ0v) is 15.5. The van der Waals surface area contributed by atoms with Crippen LogP contribution in [-0.4, -0.2) is 29.0 Å². The molecule has 7 heteroatoms. The Labute approximate surface area is 158 Å². The summed E-state index contributed by atoms with van der Waals surface area (Å²) in [5.74, 6) is 0.975. The highest BCUT2D eigenvalue weighted by atomic mass is 16.3. The Balaban J connectivity index is 1.57. The molecule has 27 heavy (non-hydrogen) atoms. The molecule has 2 heterocycles. The van der Waals surface area contributed by atoms with Crippen LogP contribution in [0, 0.1) is 0 Å². The van der Waals surface area contributed by atoms with E-state index in [9.17, 15) is 4.79 Å². The summed E-state index contributed by atoms with van der Waals surface area (Å²) in [6.07, 6.45) is 4.61. The summed E-state index contributed by atoms with van der Waals surface area (Å²) in [5.41, 5.74) is 2.26. The number of hydrogen-bond acceptors (Lipinski definition) is 6. The van der Waals surface area contributed by atoms with Gasteiger partial charge in [-0.3, -0.25) is 4.79 Å². The lowest BCUT2D eigenvalue weighted by Gasteiger charge is -2.21. The maximum absolute atomic E-state index is 12.4. The Hall–Kier alpha value is -3.35. The highest BCUT2D eigenvalue weighted by Crippen LogP contribution is 2.18. The summed E-state index contributed by atoms with van der Waals surface area (Å²) < 4.78 is 5.24. The van der Waals surface area contributed by atoms with Crippen molar-refractivity contribution in [3.05, 3.63) is 66.4 Å². The molecule has 0 unspecified atom stereocenters. The smallest absolute Gasteiger partial charge is 0.258 e. The van der Waals surface area contributed by atoms with E-state index in [1.165, 1.54) is 12.4 Å². The van der Waals surface area contributed by atoms with Crippen LogP contribution in [0.4, 0.5) is 17.3 Å². The zero-order chi connectivity index (χ0) is 19.1. The van der Waals surface area contributed by atoms with Gasteiger partial charge in [-0.15, -0.1) is 0 Å². The second-order valence-electron chi connectivity index (χ2n) is 5.90. The van der Waals surface area contributed by atoms with E-state index in [-0.39, 0.29) is 5.91 Å². The molecule has 3 aromatic rings. The van der Waals surface area contributed by atoms with Gasteiger partial charge in [-0.2, -0.15) is 0 Å². The van der Waals surface area contributed by atoms with E-state index >= 15 is 0 Å². The van der Waals surface area contributed by atoms with E-state index in [1.54, 1.807) is 6.26 Å². The van der Waals surface area contributed by atoms with E-state index in [2.05, 4.69) is 39.3 Å². The summed E-state index contributed by atoms with van der Waals surface area (Å²) in [5, 5.41) is 5.90. The number of carbonyl (C=O) groups is 1. The van der Waals surface area contributed by atoms with E-state index in [0.717, 1.165) is 30.2 Å². The summed E-state index contributed by atoms with van der Waals surface area (Å²) in [6.45, 7) is 6.61. The van der Waals surface area contributed by atoms with Crippen molar-refractivity contribution in [2.45, 2.75) is 20.4 Å². The molecule has 0 aliphatic rings. The maximum atomic E-state index is 12.4. The molecule has 2 N–H and O–H groups in total. The first-order valence-corrected chi connectivity index (χ1v) is 8.94. The first-order chi connectivity index (χ1) is 13.2. The van der Waals surface area contributed by atoms with Crippen molar-refractivity contribution in [1.29, 1.82) is 0 Å². The van der Waals surface area contributed by atoms with Gasteiger partial charge < -0.3 is 20.0 Å². The molecule has 0 radical (unpaired) electrons. The Kier molecular flexibility index (Phi) is 6.04. The van der Waals surface area contributed by atoms with Crippen LogP contribution in [0.15, 0.2) is 59.5 Å². The summed E-state index contributed by atoms with van der Waals surface area (Å²) in [4.78, 5) is 22.9. The van der Waals surface area contributed by atoms with Crippen LogP contribution < -0.4 is 15.5 Å². The van der Waals surface area contributed by atoms with Crippen LogP contribution in [0.5, 0.6) is 0 Å². The minimum atomic E-state index is -0.247. The average Bonchev–Trinajstić information content (AvgIpc) is 3.22. The molecule has 0 saturated carbocycles. The Bertz CT molecular complexity index is 841. The molecule has 3 rings (SSSR count). The highest BCUT2D eigenvalue weighted by Gasteiger charge is 2.09. The third-order valence-electron chi connectivity index (χ3n) is 4.17.